The van der Waals surface area contributed by atoms with Gasteiger partial charge in [0.2, 0.25) is 0 Å². The molecule has 12 heavy (non-hydrogen) atoms. The summed E-state index contributed by atoms with van der Waals surface area (Å²) in [6, 6.07) is 0.445. The number of nitrogens with zero attached hydrogens (tertiary/aromatic N) is 1. The number of hydrogen-bond donors (Lipinski definition) is 1. The topological polar surface area (TPSA) is 38.4 Å². The summed E-state index contributed by atoms with van der Waals surface area (Å²) in [5, 5.41) is 0. The third kappa shape index (κ3) is 3.05. The lowest BCUT2D eigenvalue weighted by molar-refractivity contribution is 0.721. The Morgan fingerprint density at radius 2 is 2.33 bits per heavy atom. The van der Waals surface area contributed by atoms with Crippen LogP contribution in [0.5, 0.6) is 0 Å². The Bertz CT molecular complexity index is 164. The number of thioether (sulfide) groups is 1. The Hall–Kier alpha value is -0.180. The van der Waals surface area contributed by atoms with E-state index in [-0.39, 0.29) is 0 Å². The number of nitrogens with two attached hydrogens (primary N) is 1. The van der Waals surface area contributed by atoms with Gasteiger partial charge in [-0.1, -0.05) is 6.92 Å². The lowest BCUT2D eigenvalue weighted by Crippen LogP contribution is -2.19. The Labute approximate surface area is 79.0 Å². The Morgan fingerprint density at radius 1 is 1.67 bits per heavy atom. The van der Waals surface area contributed by atoms with Gasteiger partial charge in [-0.15, -0.1) is 0 Å². The van der Waals surface area contributed by atoms with Gasteiger partial charge in [0.25, 0.3) is 0 Å². The number of amidine groups is 1. The molecule has 1 rings (SSSR count). The third-order valence-electron chi connectivity index (χ3n) is 2.16. The van der Waals surface area contributed by atoms with E-state index in [2.05, 4.69) is 18.2 Å². The zero-order valence-electron chi connectivity index (χ0n) is 7.92. The van der Waals surface area contributed by atoms with Crippen LogP contribution < -0.4 is 5.73 Å². The summed E-state index contributed by atoms with van der Waals surface area (Å²) >= 11 is 1.85. The van der Waals surface area contributed by atoms with Crippen LogP contribution in [0.4, 0.5) is 0 Å². The molecule has 2 nitrogen and oxygen atoms in total. The van der Waals surface area contributed by atoms with Gasteiger partial charge in [0.05, 0.1) is 11.9 Å². The molecule has 1 fully saturated rings. The van der Waals surface area contributed by atoms with Crippen molar-refractivity contribution in [2.75, 3.05) is 12.0 Å². The van der Waals surface area contributed by atoms with Crippen LogP contribution in [0.3, 0.4) is 0 Å². The molecule has 0 aromatic rings. The van der Waals surface area contributed by atoms with Crippen molar-refractivity contribution < 1.29 is 0 Å². The molecule has 0 spiro atoms. The first kappa shape index (κ1) is 9.90. The van der Waals surface area contributed by atoms with Gasteiger partial charge < -0.3 is 5.73 Å². The predicted molar refractivity (Wildman–Crippen MR) is 56.8 cm³/mol. The van der Waals surface area contributed by atoms with Crippen LogP contribution in [0.1, 0.15) is 26.2 Å². The van der Waals surface area contributed by atoms with Crippen molar-refractivity contribution in [1.29, 1.82) is 0 Å². The van der Waals surface area contributed by atoms with Gasteiger partial charge in [-0.2, -0.15) is 11.8 Å². The molecule has 0 saturated heterocycles. The molecule has 0 amide bonds. The van der Waals surface area contributed by atoms with Crippen molar-refractivity contribution in [2.24, 2.45) is 16.6 Å². The monoisotopic (exact) mass is 186 g/mol. The van der Waals surface area contributed by atoms with Crippen molar-refractivity contribution in [3.63, 3.8) is 0 Å². The van der Waals surface area contributed by atoms with Gasteiger partial charge in [0.15, 0.2) is 0 Å². The average Bonchev–Trinajstić information content (AvgIpc) is 2.85. The van der Waals surface area contributed by atoms with Gasteiger partial charge >= 0.3 is 0 Å². The second kappa shape index (κ2) is 4.75. The first-order valence-corrected chi connectivity index (χ1v) is 5.99. The van der Waals surface area contributed by atoms with Gasteiger partial charge in [-0.25, -0.2) is 0 Å². The van der Waals surface area contributed by atoms with Crippen LogP contribution in [-0.2, 0) is 0 Å². The van der Waals surface area contributed by atoms with E-state index >= 15 is 0 Å². The molecule has 1 aliphatic rings. The quantitative estimate of drug-likeness (QED) is 0.526. The molecular weight excluding hydrogens is 168 g/mol. The molecular formula is C9H18N2S. The SMILES string of the molecule is CCC(CSC)N=C(N)C1CC1. The predicted octanol–water partition coefficient (Wildman–Crippen LogP) is 1.90. The van der Waals surface area contributed by atoms with Crippen molar-refractivity contribution in [2.45, 2.75) is 32.2 Å². The molecule has 0 heterocycles. The minimum absolute atomic E-state index is 0.445. The lowest BCUT2D eigenvalue weighted by Gasteiger charge is -2.08. The number of rotatable bonds is 5. The van der Waals surface area contributed by atoms with Crippen LogP contribution in [0.2, 0.25) is 0 Å². The molecule has 0 aromatic heterocycles. The molecule has 0 bridgehead atoms. The molecule has 1 unspecified atom stereocenters. The van der Waals surface area contributed by atoms with E-state index in [9.17, 15) is 0 Å². The Kier molecular flexibility index (Phi) is 3.92. The van der Waals surface area contributed by atoms with E-state index < -0.39 is 0 Å². The van der Waals surface area contributed by atoms with Gasteiger partial charge in [0, 0.05) is 11.7 Å². The second-order valence-electron chi connectivity index (χ2n) is 3.35. The summed E-state index contributed by atoms with van der Waals surface area (Å²) in [5.41, 5.74) is 5.83. The highest BCUT2D eigenvalue weighted by Gasteiger charge is 2.25. The van der Waals surface area contributed by atoms with E-state index in [1.54, 1.807) is 0 Å². The highest BCUT2D eigenvalue weighted by molar-refractivity contribution is 7.98. The van der Waals surface area contributed by atoms with Crippen molar-refractivity contribution in [1.82, 2.24) is 0 Å². The number of hydrogen-bond acceptors (Lipinski definition) is 2. The lowest BCUT2D eigenvalue weighted by atomic mass is 10.2. The Morgan fingerprint density at radius 3 is 2.75 bits per heavy atom. The van der Waals surface area contributed by atoms with Gasteiger partial charge in [0.1, 0.15) is 0 Å². The molecule has 1 saturated carbocycles. The summed E-state index contributed by atoms with van der Waals surface area (Å²) < 4.78 is 0. The van der Waals surface area contributed by atoms with Crippen LogP contribution >= 0.6 is 11.8 Å². The second-order valence-corrected chi connectivity index (χ2v) is 4.26. The number of aliphatic imine (C=N–C) groups is 1. The maximum atomic E-state index is 5.83. The van der Waals surface area contributed by atoms with E-state index in [0.717, 1.165) is 18.0 Å². The first-order valence-electron chi connectivity index (χ1n) is 4.60. The summed E-state index contributed by atoms with van der Waals surface area (Å²) in [6.07, 6.45) is 5.73. The van der Waals surface area contributed by atoms with E-state index in [1.165, 1.54) is 12.8 Å². The van der Waals surface area contributed by atoms with E-state index in [4.69, 9.17) is 5.73 Å². The minimum atomic E-state index is 0.445. The molecule has 70 valence electrons. The highest BCUT2D eigenvalue weighted by atomic mass is 32.2. The largest absolute Gasteiger partial charge is 0.387 e. The van der Waals surface area contributed by atoms with Crippen LogP contribution in [0.25, 0.3) is 0 Å². The maximum absolute atomic E-state index is 5.83. The van der Waals surface area contributed by atoms with E-state index in [1.807, 2.05) is 11.8 Å². The molecule has 2 N–H and O–H groups in total. The van der Waals surface area contributed by atoms with Gasteiger partial charge in [-0.3, -0.25) is 4.99 Å². The maximum Gasteiger partial charge on any atom is 0.0972 e. The Balaban J connectivity index is 2.37. The van der Waals surface area contributed by atoms with Crippen LogP contribution in [-0.4, -0.2) is 23.9 Å². The summed E-state index contributed by atoms with van der Waals surface area (Å²) in [6.45, 7) is 2.17. The normalized spacial score (nSPS) is 21.0. The third-order valence-corrected chi connectivity index (χ3v) is 2.88. The van der Waals surface area contributed by atoms with Crippen LogP contribution in [0, 0.1) is 5.92 Å². The first-order chi connectivity index (χ1) is 5.77. The highest BCUT2D eigenvalue weighted by Crippen LogP contribution is 2.29. The molecule has 0 radical (unpaired) electrons. The molecule has 0 aliphatic heterocycles. The fourth-order valence-corrected chi connectivity index (χ4v) is 1.83. The average molecular weight is 186 g/mol. The zero-order valence-corrected chi connectivity index (χ0v) is 8.73. The summed E-state index contributed by atoms with van der Waals surface area (Å²) in [7, 11) is 0. The van der Waals surface area contributed by atoms with Crippen LogP contribution in [0.15, 0.2) is 4.99 Å². The van der Waals surface area contributed by atoms with Crippen molar-refractivity contribution in [3.05, 3.63) is 0 Å². The van der Waals surface area contributed by atoms with Crippen molar-refractivity contribution >= 4 is 17.6 Å². The van der Waals surface area contributed by atoms with E-state index in [0.29, 0.717) is 12.0 Å². The van der Waals surface area contributed by atoms with Crippen molar-refractivity contribution in [3.8, 4) is 0 Å². The zero-order chi connectivity index (χ0) is 8.97. The molecule has 1 aliphatic carbocycles. The minimum Gasteiger partial charge on any atom is -0.387 e. The fraction of sp³-hybridized carbons (Fsp3) is 0.889. The summed E-state index contributed by atoms with van der Waals surface area (Å²) in [5.74, 6) is 2.63. The molecule has 1 atom stereocenters. The fourth-order valence-electron chi connectivity index (χ4n) is 1.13. The smallest absolute Gasteiger partial charge is 0.0972 e. The standard InChI is InChI=1S/C9H18N2S/c1-3-8(6-12-2)11-9(10)7-4-5-7/h7-8H,3-6H2,1-2H3,(H2,10,11). The molecule has 0 aromatic carbocycles. The summed E-state index contributed by atoms with van der Waals surface area (Å²) in [4.78, 5) is 4.52. The van der Waals surface area contributed by atoms with Gasteiger partial charge in [-0.05, 0) is 25.5 Å². The molecule has 3 heteroatoms.